The number of hydrogen-bond acceptors (Lipinski definition) is 4. The van der Waals surface area contributed by atoms with Crippen LogP contribution in [0.4, 0.5) is 11.4 Å². The van der Waals surface area contributed by atoms with Crippen LogP contribution in [0.1, 0.15) is 25.3 Å². The summed E-state index contributed by atoms with van der Waals surface area (Å²) in [6, 6.07) is 4.22. The number of hydrogen-bond donors (Lipinski definition) is 1. The molecule has 3 rings (SSSR count). The summed E-state index contributed by atoms with van der Waals surface area (Å²) in [4.78, 5) is 6.95. The van der Waals surface area contributed by atoms with Crippen LogP contribution in [-0.4, -0.2) is 18.1 Å². The van der Waals surface area contributed by atoms with Gasteiger partial charge >= 0.3 is 0 Å². The zero-order valence-corrected chi connectivity index (χ0v) is 12.0. The van der Waals surface area contributed by atoms with Gasteiger partial charge in [0.15, 0.2) is 0 Å². The molecule has 3 nitrogen and oxygen atoms in total. The first-order valence-corrected chi connectivity index (χ1v) is 7.18. The van der Waals surface area contributed by atoms with Gasteiger partial charge in [0.25, 0.3) is 0 Å². The summed E-state index contributed by atoms with van der Waals surface area (Å²) in [6.07, 6.45) is 1.22. The molecule has 18 heavy (non-hydrogen) atoms. The van der Waals surface area contributed by atoms with E-state index in [1.807, 2.05) is 6.92 Å². The molecule has 0 atom stereocenters. The number of rotatable bonds is 1. The van der Waals surface area contributed by atoms with Gasteiger partial charge in [-0.15, -0.1) is 11.3 Å². The molecule has 0 saturated carbocycles. The van der Waals surface area contributed by atoms with E-state index in [0.29, 0.717) is 5.41 Å². The zero-order valence-electron chi connectivity index (χ0n) is 11.2. The van der Waals surface area contributed by atoms with Gasteiger partial charge in [-0.25, -0.2) is 4.98 Å². The number of nitrogen functional groups attached to an aromatic ring is 1. The van der Waals surface area contributed by atoms with Crippen molar-refractivity contribution >= 4 is 32.9 Å². The van der Waals surface area contributed by atoms with Crippen LogP contribution in [0.3, 0.4) is 0 Å². The molecule has 96 valence electrons. The summed E-state index contributed by atoms with van der Waals surface area (Å²) < 4.78 is 1.19. The lowest BCUT2D eigenvalue weighted by molar-refractivity contribution is 0.418. The molecule has 1 fully saturated rings. The Bertz CT molecular complexity index is 600. The largest absolute Gasteiger partial charge is 0.397 e. The van der Waals surface area contributed by atoms with E-state index >= 15 is 0 Å². The fourth-order valence-corrected chi connectivity index (χ4v) is 3.54. The minimum absolute atomic E-state index is 0.388. The smallest absolute Gasteiger partial charge is 0.0907 e. The lowest BCUT2D eigenvalue weighted by Gasteiger charge is -2.23. The Morgan fingerprint density at radius 2 is 2.17 bits per heavy atom. The second-order valence-electron chi connectivity index (χ2n) is 5.95. The van der Waals surface area contributed by atoms with Gasteiger partial charge in [0.05, 0.1) is 26.6 Å². The first-order chi connectivity index (χ1) is 8.44. The second-order valence-corrected chi connectivity index (χ2v) is 7.18. The van der Waals surface area contributed by atoms with Crippen LogP contribution in [0.25, 0.3) is 10.2 Å². The molecular weight excluding hydrogens is 242 g/mol. The van der Waals surface area contributed by atoms with Gasteiger partial charge in [-0.2, -0.15) is 0 Å². The molecule has 1 aliphatic heterocycles. The van der Waals surface area contributed by atoms with E-state index in [2.05, 4.69) is 35.9 Å². The average molecular weight is 261 g/mol. The highest BCUT2D eigenvalue weighted by Gasteiger charge is 2.30. The van der Waals surface area contributed by atoms with E-state index < -0.39 is 0 Å². The Labute approximate surface area is 112 Å². The summed E-state index contributed by atoms with van der Waals surface area (Å²) in [6.45, 7) is 8.83. The van der Waals surface area contributed by atoms with Crippen molar-refractivity contribution in [1.82, 2.24) is 4.98 Å². The Kier molecular flexibility index (Phi) is 2.52. The third-order valence-electron chi connectivity index (χ3n) is 3.66. The van der Waals surface area contributed by atoms with Crippen LogP contribution in [-0.2, 0) is 0 Å². The molecule has 0 aliphatic carbocycles. The van der Waals surface area contributed by atoms with E-state index in [-0.39, 0.29) is 0 Å². The number of fused-ring (bicyclic) bond motifs is 1. The minimum Gasteiger partial charge on any atom is -0.397 e. The lowest BCUT2D eigenvalue weighted by atomic mass is 9.93. The van der Waals surface area contributed by atoms with E-state index in [0.717, 1.165) is 35.0 Å². The molecule has 0 unspecified atom stereocenters. The number of nitrogens with two attached hydrogens (primary N) is 1. The Morgan fingerprint density at radius 3 is 2.83 bits per heavy atom. The summed E-state index contributed by atoms with van der Waals surface area (Å²) in [5.74, 6) is 0. The SMILES string of the molecule is Cc1nc2cc(N3CCC(C)(C)C3)c(N)cc2s1. The molecule has 1 aromatic carbocycles. The molecule has 1 saturated heterocycles. The van der Waals surface area contributed by atoms with Gasteiger partial charge < -0.3 is 10.6 Å². The normalized spacial score (nSPS) is 18.7. The Morgan fingerprint density at radius 1 is 1.39 bits per heavy atom. The van der Waals surface area contributed by atoms with Crippen LogP contribution in [0.2, 0.25) is 0 Å². The Balaban J connectivity index is 2.04. The predicted octanol–water partition coefficient (Wildman–Crippen LogP) is 3.42. The number of thiazole rings is 1. The minimum atomic E-state index is 0.388. The summed E-state index contributed by atoms with van der Waals surface area (Å²) in [5.41, 5.74) is 9.70. The molecule has 0 spiro atoms. The highest BCUT2D eigenvalue weighted by Crippen LogP contribution is 2.37. The van der Waals surface area contributed by atoms with Gasteiger partial charge in [0.1, 0.15) is 0 Å². The second kappa shape index (κ2) is 3.85. The van der Waals surface area contributed by atoms with Gasteiger partial charge in [0, 0.05) is 13.1 Å². The zero-order chi connectivity index (χ0) is 12.9. The third kappa shape index (κ3) is 1.94. The molecule has 0 radical (unpaired) electrons. The number of nitrogens with zero attached hydrogens (tertiary/aromatic N) is 2. The van der Waals surface area contributed by atoms with Crippen molar-refractivity contribution in [1.29, 1.82) is 0 Å². The van der Waals surface area contributed by atoms with Crippen LogP contribution in [0.15, 0.2) is 12.1 Å². The molecule has 2 aromatic rings. The van der Waals surface area contributed by atoms with Crippen molar-refractivity contribution in [2.45, 2.75) is 27.2 Å². The molecule has 1 aromatic heterocycles. The number of aromatic nitrogens is 1. The van der Waals surface area contributed by atoms with Gasteiger partial charge in [-0.05, 0) is 30.9 Å². The van der Waals surface area contributed by atoms with E-state index in [1.54, 1.807) is 11.3 Å². The third-order valence-corrected chi connectivity index (χ3v) is 4.60. The Hall–Kier alpha value is -1.29. The molecule has 1 aliphatic rings. The number of benzene rings is 1. The van der Waals surface area contributed by atoms with E-state index in [1.165, 1.54) is 11.1 Å². The predicted molar refractivity (Wildman–Crippen MR) is 79.4 cm³/mol. The monoisotopic (exact) mass is 261 g/mol. The van der Waals surface area contributed by atoms with Crippen molar-refractivity contribution in [2.75, 3.05) is 23.7 Å². The highest BCUT2D eigenvalue weighted by atomic mass is 32.1. The molecular formula is C14H19N3S. The van der Waals surface area contributed by atoms with Crippen molar-refractivity contribution in [2.24, 2.45) is 5.41 Å². The van der Waals surface area contributed by atoms with E-state index in [9.17, 15) is 0 Å². The fraction of sp³-hybridized carbons (Fsp3) is 0.500. The van der Waals surface area contributed by atoms with Crippen molar-refractivity contribution < 1.29 is 0 Å². The van der Waals surface area contributed by atoms with Crippen molar-refractivity contribution in [3.8, 4) is 0 Å². The summed E-state index contributed by atoms with van der Waals surface area (Å²) >= 11 is 1.71. The maximum Gasteiger partial charge on any atom is 0.0907 e. The maximum absolute atomic E-state index is 6.20. The molecule has 4 heteroatoms. The first-order valence-electron chi connectivity index (χ1n) is 6.36. The van der Waals surface area contributed by atoms with Crippen LogP contribution < -0.4 is 10.6 Å². The average Bonchev–Trinajstić information content (AvgIpc) is 2.78. The van der Waals surface area contributed by atoms with Gasteiger partial charge in [0.2, 0.25) is 0 Å². The number of aryl methyl sites for hydroxylation is 1. The van der Waals surface area contributed by atoms with Crippen LogP contribution in [0, 0.1) is 12.3 Å². The molecule has 2 N–H and O–H groups in total. The van der Waals surface area contributed by atoms with E-state index in [4.69, 9.17) is 5.73 Å². The maximum atomic E-state index is 6.20. The summed E-state index contributed by atoms with van der Waals surface area (Å²) in [7, 11) is 0. The topological polar surface area (TPSA) is 42.2 Å². The van der Waals surface area contributed by atoms with Crippen molar-refractivity contribution in [3.05, 3.63) is 17.1 Å². The molecule has 0 amide bonds. The van der Waals surface area contributed by atoms with Crippen molar-refractivity contribution in [3.63, 3.8) is 0 Å². The summed E-state index contributed by atoms with van der Waals surface area (Å²) in [5, 5.41) is 1.10. The lowest BCUT2D eigenvalue weighted by Crippen LogP contribution is -2.23. The number of anilines is 2. The van der Waals surface area contributed by atoms with Gasteiger partial charge in [-0.3, -0.25) is 0 Å². The first kappa shape index (κ1) is 11.8. The van der Waals surface area contributed by atoms with Gasteiger partial charge in [-0.1, -0.05) is 13.8 Å². The fourth-order valence-electron chi connectivity index (χ4n) is 2.69. The standard InChI is InChI=1S/C14H19N3S/c1-9-16-11-7-12(10(15)6-13(11)18-9)17-5-4-14(2,3)8-17/h6-7H,4-5,8,15H2,1-3H3. The quantitative estimate of drug-likeness (QED) is 0.800. The highest BCUT2D eigenvalue weighted by molar-refractivity contribution is 7.18. The van der Waals surface area contributed by atoms with Crippen LogP contribution in [0.5, 0.6) is 0 Å². The molecule has 2 heterocycles. The van der Waals surface area contributed by atoms with Crippen LogP contribution >= 0.6 is 11.3 Å². The molecule has 0 bridgehead atoms.